The Balaban J connectivity index is 1.85. The molecule has 1 fully saturated rings. The van der Waals surface area contributed by atoms with E-state index in [1.807, 2.05) is 35.2 Å². The normalized spacial score (nSPS) is 17.3. The highest BCUT2D eigenvalue weighted by molar-refractivity contribution is 6.07. The maximum atomic E-state index is 13.4. The highest BCUT2D eigenvalue weighted by atomic mass is 16.2. The molecule has 1 atom stereocenters. The Hall–Kier alpha value is -2.68. The van der Waals surface area contributed by atoms with Gasteiger partial charge in [0.25, 0.3) is 5.91 Å². The van der Waals surface area contributed by atoms with E-state index in [2.05, 4.69) is 39.0 Å². The van der Waals surface area contributed by atoms with Crippen LogP contribution in [0.4, 0.5) is 0 Å². The van der Waals surface area contributed by atoms with Crippen LogP contribution in [0.3, 0.4) is 0 Å². The van der Waals surface area contributed by atoms with Crippen molar-refractivity contribution in [2.24, 2.45) is 5.92 Å². The molecule has 0 radical (unpaired) electrons. The van der Waals surface area contributed by atoms with E-state index in [1.54, 1.807) is 0 Å². The fourth-order valence-electron chi connectivity index (χ4n) is 4.14. The Morgan fingerprint density at radius 3 is 2.70 bits per heavy atom. The van der Waals surface area contributed by atoms with Crippen molar-refractivity contribution in [3.63, 3.8) is 0 Å². The number of hydrogen-bond acceptors (Lipinski definition) is 2. The Labute approximate surface area is 161 Å². The van der Waals surface area contributed by atoms with Gasteiger partial charge in [-0.05, 0) is 50.3 Å². The fourth-order valence-corrected chi connectivity index (χ4v) is 4.14. The molecule has 1 amide bonds. The van der Waals surface area contributed by atoms with Crippen LogP contribution in [-0.4, -0.2) is 28.9 Å². The summed E-state index contributed by atoms with van der Waals surface area (Å²) in [6, 6.07) is 16.3. The topological polar surface area (TPSA) is 33.2 Å². The van der Waals surface area contributed by atoms with Crippen LogP contribution in [0.5, 0.6) is 0 Å². The number of rotatable bonds is 2. The van der Waals surface area contributed by atoms with Gasteiger partial charge in [-0.3, -0.25) is 4.79 Å². The first-order chi connectivity index (χ1) is 13.0. The summed E-state index contributed by atoms with van der Waals surface area (Å²) in [5, 5.41) is 0.939. The number of likely N-dealkylation sites (tertiary alicyclic amines) is 1. The van der Waals surface area contributed by atoms with Crippen LogP contribution in [0.2, 0.25) is 0 Å². The molecule has 0 aliphatic carbocycles. The Morgan fingerprint density at radius 2 is 1.93 bits per heavy atom. The minimum Gasteiger partial charge on any atom is -0.338 e. The van der Waals surface area contributed by atoms with E-state index in [-0.39, 0.29) is 5.91 Å². The number of nitrogens with zero attached hydrogens (tertiary/aromatic N) is 2. The third kappa shape index (κ3) is 3.46. The summed E-state index contributed by atoms with van der Waals surface area (Å²) in [6.45, 7) is 8.11. The molecule has 1 aromatic heterocycles. The molecule has 0 spiro atoms. The largest absolute Gasteiger partial charge is 0.338 e. The molecule has 1 saturated heterocycles. The number of aromatic nitrogens is 1. The number of fused-ring (bicyclic) bond motifs is 1. The molecule has 1 aliphatic heterocycles. The zero-order valence-corrected chi connectivity index (χ0v) is 16.3. The van der Waals surface area contributed by atoms with Crippen molar-refractivity contribution in [3.05, 3.63) is 65.2 Å². The van der Waals surface area contributed by atoms with Crippen molar-refractivity contribution < 1.29 is 4.79 Å². The summed E-state index contributed by atoms with van der Waals surface area (Å²) >= 11 is 0. The Bertz CT molecular complexity index is 1010. The van der Waals surface area contributed by atoms with Crippen LogP contribution in [0.25, 0.3) is 22.2 Å². The lowest BCUT2D eigenvalue weighted by Gasteiger charge is -2.31. The molecule has 2 heterocycles. The van der Waals surface area contributed by atoms with Gasteiger partial charge in [0.05, 0.1) is 16.8 Å². The second-order valence-electron chi connectivity index (χ2n) is 7.89. The highest BCUT2D eigenvalue weighted by Crippen LogP contribution is 2.29. The van der Waals surface area contributed by atoms with Gasteiger partial charge >= 0.3 is 0 Å². The van der Waals surface area contributed by atoms with Crippen molar-refractivity contribution in [3.8, 4) is 11.3 Å². The van der Waals surface area contributed by atoms with Gasteiger partial charge in [-0.2, -0.15) is 0 Å². The quantitative estimate of drug-likeness (QED) is 0.615. The van der Waals surface area contributed by atoms with Crippen molar-refractivity contribution >= 4 is 16.8 Å². The monoisotopic (exact) mass is 358 g/mol. The first kappa shape index (κ1) is 17.7. The summed E-state index contributed by atoms with van der Waals surface area (Å²) in [6.07, 6.45) is 2.29. The first-order valence-corrected chi connectivity index (χ1v) is 9.79. The summed E-state index contributed by atoms with van der Waals surface area (Å²) in [7, 11) is 0. The van der Waals surface area contributed by atoms with E-state index in [9.17, 15) is 4.79 Å². The van der Waals surface area contributed by atoms with Gasteiger partial charge in [0, 0.05) is 24.0 Å². The summed E-state index contributed by atoms with van der Waals surface area (Å²) in [5.74, 6) is 0.695. The van der Waals surface area contributed by atoms with Crippen LogP contribution >= 0.6 is 0 Å². The molecular formula is C24H26N2O. The molecule has 3 nitrogen and oxygen atoms in total. The number of carbonyl (C=O) groups is 1. The average molecular weight is 358 g/mol. The van der Waals surface area contributed by atoms with E-state index in [1.165, 1.54) is 17.5 Å². The van der Waals surface area contributed by atoms with E-state index < -0.39 is 0 Å². The number of amides is 1. The Kier molecular flexibility index (Phi) is 4.69. The van der Waals surface area contributed by atoms with Crippen LogP contribution in [-0.2, 0) is 0 Å². The number of aryl methyl sites for hydroxylation is 2. The van der Waals surface area contributed by atoms with Crippen molar-refractivity contribution in [2.45, 2.75) is 33.6 Å². The second-order valence-corrected chi connectivity index (χ2v) is 7.89. The molecule has 3 aromatic rings. The highest BCUT2D eigenvalue weighted by Gasteiger charge is 2.24. The maximum absolute atomic E-state index is 13.4. The SMILES string of the molecule is Cc1ccc(-c2cc(C(=O)N3CCC[C@@H](C)C3)c3ccccc3n2)c(C)c1. The molecule has 0 saturated carbocycles. The lowest BCUT2D eigenvalue weighted by molar-refractivity contribution is 0.0685. The van der Waals surface area contributed by atoms with Crippen LogP contribution < -0.4 is 0 Å². The molecule has 138 valence electrons. The number of piperidine rings is 1. The average Bonchev–Trinajstić information content (AvgIpc) is 2.66. The predicted octanol–water partition coefficient (Wildman–Crippen LogP) is 5.39. The summed E-state index contributed by atoms with van der Waals surface area (Å²) in [4.78, 5) is 20.3. The third-order valence-electron chi connectivity index (χ3n) is 5.55. The third-order valence-corrected chi connectivity index (χ3v) is 5.55. The van der Waals surface area contributed by atoms with Crippen LogP contribution in [0, 0.1) is 19.8 Å². The van der Waals surface area contributed by atoms with Gasteiger partial charge in [-0.25, -0.2) is 4.98 Å². The number of benzene rings is 2. The molecule has 1 aliphatic rings. The van der Waals surface area contributed by atoms with Gasteiger partial charge in [0.2, 0.25) is 0 Å². The number of carbonyl (C=O) groups excluding carboxylic acids is 1. The van der Waals surface area contributed by atoms with Gasteiger partial charge in [-0.15, -0.1) is 0 Å². The molecule has 3 heteroatoms. The second kappa shape index (κ2) is 7.15. The lowest BCUT2D eigenvalue weighted by Crippen LogP contribution is -2.39. The summed E-state index contributed by atoms with van der Waals surface area (Å²) in [5.41, 5.74) is 6.03. The standard InChI is InChI=1S/C24H26N2O/c1-16-10-11-19(18(3)13-16)23-14-21(20-8-4-5-9-22(20)25-23)24(27)26-12-6-7-17(2)15-26/h4-5,8-11,13-14,17H,6-7,12,15H2,1-3H3/t17-/m1/s1. The first-order valence-electron chi connectivity index (χ1n) is 9.79. The molecule has 0 unspecified atom stereocenters. The zero-order chi connectivity index (χ0) is 19.0. The molecule has 0 N–H and O–H groups in total. The van der Waals surface area contributed by atoms with E-state index >= 15 is 0 Å². The van der Waals surface area contributed by atoms with Crippen LogP contribution in [0.1, 0.15) is 41.3 Å². The number of hydrogen-bond donors (Lipinski definition) is 0. The van der Waals surface area contributed by atoms with E-state index in [0.717, 1.165) is 47.2 Å². The smallest absolute Gasteiger partial charge is 0.254 e. The van der Waals surface area contributed by atoms with Gasteiger partial charge in [0.1, 0.15) is 0 Å². The van der Waals surface area contributed by atoms with Crippen LogP contribution in [0.15, 0.2) is 48.5 Å². The maximum Gasteiger partial charge on any atom is 0.254 e. The molecule has 4 rings (SSSR count). The molecule has 0 bridgehead atoms. The van der Waals surface area contributed by atoms with Gasteiger partial charge in [-0.1, -0.05) is 48.9 Å². The number of para-hydroxylation sites is 1. The molecular weight excluding hydrogens is 332 g/mol. The lowest BCUT2D eigenvalue weighted by atomic mass is 9.97. The molecule has 2 aromatic carbocycles. The molecule has 27 heavy (non-hydrogen) atoms. The fraction of sp³-hybridized carbons (Fsp3) is 0.333. The van der Waals surface area contributed by atoms with E-state index in [0.29, 0.717) is 5.92 Å². The van der Waals surface area contributed by atoms with Gasteiger partial charge < -0.3 is 4.90 Å². The van der Waals surface area contributed by atoms with E-state index in [4.69, 9.17) is 4.98 Å². The number of pyridine rings is 1. The minimum atomic E-state index is 0.131. The minimum absolute atomic E-state index is 0.131. The summed E-state index contributed by atoms with van der Waals surface area (Å²) < 4.78 is 0. The Morgan fingerprint density at radius 1 is 1.11 bits per heavy atom. The van der Waals surface area contributed by atoms with Crippen molar-refractivity contribution in [2.75, 3.05) is 13.1 Å². The van der Waals surface area contributed by atoms with Crippen molar-refractivity contribution in [1.29, 1.82) is 0 Å². The van der Waals surface area contributed by atoms with Crippen molar-refractivity contribution in [1.82, 2.24) is 9.88 Å². The van der Waals surface area contributed by atoms with Gasteiger partial charge in [0.15, 0.2) is 0 Å². The zero-order valence-electron chi connectivity index (χ0n) is 16.3. The predicted molar refractivity (Wildman–Crippen MR) is 111 cm³/mol.